The molecule has 0 aromatic carbocycles. The Bertz CT molecular complexity index is 869. The smallest absolute Gasteiger partial charge is 0.414 e. The van der Waals surface area contributed by atoms with Crippen molar-refractivity contribution in [3.63, 3.8) is 0 Å². The molecule has 1 fully saturated rings. The van der Waals surface area contributed by atoms with Crippen LogP contribution in [0.5, 0.6) is 0 Å². The van der Waals surface area contributed by atoms with Crippen molar-refractivity contribution in [2.75, 3.05) is 12.3 Å². The highest BCUT2D eigenvalue weighted by Crippen LogP contribution is 2.37. The Kier molecular flexibility index (Phi) is 7.25. The van der Waals surface area contributed by atoms with Crippen molar-refractivity contribution >= 4 is 20.0 Å². The van der Waals surface area contributed by atoms with E-state index >= 15 is 0 Å². The Morgan fingerprint density at radius 2 is 2.03 bits per heavy atom. The fourth-order valence-electron chi connectivity index (χ4n) is 2.68. The summed E-state index contributed by atoms with van der Waals surface area (Å²) >= 11 is 0. The van der Waals surface area contributed by atoms with E-state index in [0.717, 1.165) is 4.57 Å². The largest absolute Gasteiger partial charge is 0.471 e. The number of hydrogen-bond donors (Lipinski definition) is 3. The van der Waals surface area contributed by atoms with Gasteiger partial charge in [0.25, 0.3) is 0 Å². The Hall–Kier alpha value is -1.96. The molecule has 13 heteroatoms. The summed E-state index contributed by atoms with van der Waals surface area (Å²) < 4.78 is 50.1. The maximum atomic E-state index is 12.4. The zero-order valence-electron chi connectivity index (χ0n) is 18.1. The van der Waals surface area contributed by atoms with Gasteiger partial charge in [0.15, 0.2) is 8.32 Å². The predicted molar refractivity (Wildman–Crippen MR) is 108 cm³/mol. The van der Waals surface area contributed by atoms with Crippen LogP contribution in [0.15, 0.2) is 11.0 Å². The average molecular weight is 467 g/mol. The molecule has 2 heterocycles. The van der Waals surface area contributed by atoms with Crippen molar-refractivity contribution in [3.8, 4) is 0 Å². The van der Waals surface area contributed by atoms with Gasteiger partial charge in [-0.2, -0.15) is 18.2 Å². The van der Waals surface area contributed by atoms with Gasteiger partial charge in [0, 0.05) is 24.7 Å². The molecule has 3 atom stereocenters. The number of carbonyl (C=O) groups excluding carboxylic acids is 1. The molecule has 1 amide bonds. The predicted octanol–water partition coefficient (Wildman–Crippen LogP) is 1.67. The van der Waals surface area contributed by atoms with Crippen LogP contribution in [0.2, 0.25) is 18.1 Å². The summed E-state index contributed by atoms with van der Waals surface area (Å²) in [6.45, 7) is 9.90. The highest BCUT2D eigenvalue weighted by atomic mass is 28.4. The molecule has 1 saturated heterocycles. The number of rotatable bonds is 6. The van der Waals surface area contributed by atoms with E-state index in [1.54, 1.807) is 5.32 Å². The van der Waals surface area contributed by atoms with Gasteiger partial charge in [-0.15, -0.1) is 0 Å². The first kappa shape index (κ1) is 25.3. The molecule has 176 valence electrons. The molecule has 3 unspecified atom stereocenters. The van der Waals surface area contributed by atoms with E-state index in [2.05, 4.69) is 38.8 Å². The van der Waals surface area contributed by atoms with Crippen molar-refractivity contribution in [2.24, 2.45) is 0 Å². The normalized spacial score (nSPS) is 22.5. The Morgan fingerprint density at radius 3 is 2.58 bits per heavy atom. The van der Waals surface area contributed by atoms with E-state index in [0.29, 0.717) is 0 Å². The fourth-order valence-corrected chi connectivity index (χ4v) is 3.70. The zero-order chi connectivity index (χ0) is 23.8. The summed E-state index contributed by atoms with van der Waals surface area (Å²) in [6.07, 6.45) is -6.31. The van der Waals surface area contributed by atoms with Gasteiger partial charge >= 0.3 is 17.8 Å². The molecule has 0 saturated carbocycles. The minimum atomic E-state index is -5.05. The van der Waals surface area contributed by atoms with Crippen LogP contribution in [-0.2, 0) is 20.5 Å². The molecule has 0 bridgehead atoms. The number of nitrogens with zero attached hydrogens (tertiary/aromatic N) is 2. The fraction of sp³-hybridized carbons (Fsp3) is 0.722. The van der Waals surface area contributed by atoms with Gasteiger partial charge in [-0.25, -0.2) is 4.79 Å². The van der Waals surface area contributed by atoms with Crippen LogP contribution >= 0.6 is 0 Å². The van der Waals surface area contributed by atoms with Crippen molar-refractivity contribution in [1.82, 2.24) is 14.9 Å². The summed E-state index contributed by atoms with van der Waals surface area (Å²) in [4.78, 5) is 26.9. The van der Waals surface area contributed by atoms with Crippen LogP contribution in [0.3, 0.4) is 0 Å². The molecule has 2 rings (SSSR count). The molecule has 0 aliphatic carbocycles. The second-order valence-electron chi connectivity index (χ2n) is 9.03. The van der Waals surface area contributed by atoms with Crippen LogP contribution in [0.25, 0.3) is 0 Å². The van der Waals surface area contributed by atoms with Crippen LogP contribution < -0.4 is 16.7 Å². The highest BCUT2D eigenvalue weighted by molar-refractivity contribution is 6.74. The van der Waals surface area contributed by atoms with E-state index in [4.69, 9.17) is 14.9 Å². The van der Waals surface area contributed by atoms with Gasteiger partial charge < -0.3 is 25.3 Å². The first-order valence-electron chi connectivity index (χ1n) is 9.73. The molecule has 31 heavy (non-hydrogen) atoms. The average Bonchev–Trinajstić information content (AvgIpc) is 2.97. The molecule has 0 radical (unpaired) electrons. The van der Waals surface area contributed by atoms with Crippen LogP contribution in [0.1, 0.15) is 39.0 Å². The first-order valence-corrected chi connectivity index (χ1v) is 12.6. The Labute approximate surface area is 178 Å². The van der Waals surface area contributed by atoms with Gasteiger partial charge in [-0.1, -0.05) is 20.8 Å². The second-order valence-corrected chi connectivity index (χ2v) is 13.8. The van der Waals surface area contributed by atoms with E-state index in [1.807, 2.05) is 0 Å². The summed E-state index contributed by atoms with van der Waals surface area (Å²) in [6, 6.07) is 0. The summed E-state index contributed by atoms with van der Waals surface area (Å²) in [5.41, 5.74) is 4.84. The number of nitrogen functional groups attached to an aromatic ring is 1. The van der Waals surface area contributed by atoms with Gasteiger partial charge in [0.05, 0.1) is 12.7 Å². The summed E-state index contributed by atoms with van der Waals surface area (Å²) in [5.74, 6) is -2.44. The van der Waals surface area contributed by atoms with Crippen molar-refractivity contribution in [1.29, 1.82) is 0 Å². The van der Waals surface area contributed by atoms with Crippen molar-refractivity contribution in [3.05, 3.63) is 22.2 Å². The molecule has 1 aromatic heterocycles. The van der Waals surface area contributed by atoms with Gasteiger partial charge in [-0.3, -0.25) is 9.36 Å². The third kappa shape index (κ3) is 6.05. The van der Waals surface area contributed by atoms with Crippen molar-refractivity contribution in [2.45, 2.75) is 76.5 Å². The number of aromatic nitrogens is 2. The number of anilines is 1. The number of amides is 1. The van der Waals surface area contributed by atoms with Crippen LogP contribution in [0.4, 0.5) is 19.0 Å². The first-order chi connectivity index (χ1) is 14.0. The lowest BCUT2D eigenvalue weighted by molar-refractivity contribution is -0.173. The van der Waals surface area contributed by atoms with Crippen molar-refractivity contribution < 1.29 is 32.2 Å². The second kappa shape index (κ2) is 8.88. The molecular weight excluding hydrogens is 437 g/mol. The lowest BCUT2D eigenvalue weighted by Crippen LogP contribution is -2.43. The molecule has 9 nitrogen and oxygen atoms in total. The quantitative estimate of drug-likeness (QED) is 0.544. The van der Waals surface area contributed by atoms with Crippen LogP contribution in [-0.4, -0.2) is 53.9 Å². The SMILES string of the molecule is CC(C)(C)[Si](C)(C)OCC1OC(n2cc(CNC(=O)C(F)(F)F)c(N)nc2=O)CC1O. The number of nitrogens with one attached hydrogen (secondary N) is 1. The number of carbonyl (C=O) groups is 1. The number of hydrogen-bond acceptors (Lipinski definition) is 7. The van der Waals surface area contributed by atoms with Gasteiger partial charge in [0.2, 0.25) is 0 Å². The maximum Gasteiger partial charge on any atom is 0.471 e. The molecular formula is C18H29F3N4O5Si. The summed E-state index contributed by atoms with van der Waals surface area (Å²) in [7, 11) is -2.09. The van der Waals surface area contributed by atoms with Gasteiger partial charge in [-0.05, 0) is 18.1 Å². The number of nitrogens with two attached hydrogens (primary N) is 1. The van der Waals surface area contributed by atoms with E-state index < -0.39 is 51.1 Å². The maximum absolute atomic E-state index is 12.4. The van der Waals surface area contributed by atoms with E-state index in [9.17, 15) is 27.9 Å². The molecule has 0 spiro atoms. The number of aliphatic hydroxyl groups excluding tert-OH is 1. The molecule has 1 aliphatic heterocycles. The minimum Gasteiger partial charge on any atom is -0.414 e. The lowest BCUT2D eigenvalue weighted by atomic mass is 10.2. The minimum absolute atomic E-state index is 0.0104. The van der Waals surface area contributed by atoms with E-state index in [-0.39, 0.29) is 29.4 Å². The monoisotopic (exact) mass is 466 g/mol. The molecule has 1 aromatic rings. The Morgan fingerprint density at radius 1 is 1.42 bits per heavy atom. The third-order valence-electron chi connectivity index (χ3n) is 5.69. The van der Waals surface area contributed by atoms with E-state index in [1.165, 1.54) is 6.20 Å². The third-order valence-corrected chi connectivity index (χ3v) is 10.2. The Balaban J connectivity index is 2.12. The number of alkyl halides is 3. The lowest BCUT2D eigenvalue weighted by Gasteiger charge is -2.37. The number of halogens is 3. The topological polar surface area (TPSA) is 129 Å². The number of ether oxygens (including phenoxy) is 1. The standard InChI is InChI=1S/C18H29F3N4O5Si/c1-17(2,3)31(4,5)29-9-12-11(26)6-13(30-12)25-8-10(14(22)24-16(25)28)7-23-15(27)18(19,20)21/h8,11-13,26H,6-7,9H2,1-5H3,(H,23,27)(H2,22,24,28). The molecule has 4 N–H and O–H groups in total. The van der Waals surface area contributed by atoms with Crippen LogP contribution in [0, 0.1) is 0 Å². The van der Waals surface area contributed by atoms with Gasteiger partial charge in [0.1, 0.15) is 18.1 Å². The highest BCUT2D eigenvalue weighted by Gasteiger charge is 2.41. The zero-order valence-corrected chi connectivity index (χ0v) is 19.1. The number of aliphatic hydroxyl groups is 1. The summed E-state index contributed by atoms with van der Waals surface area (Å²) in [5, 5.41) is 12.0. The molecule has 1 aliphatic rings.